The summed E-state index contributed by atoms with van der Waals surface area (Å²) in [4.78, 5) is 25.7. The zero-order valence-electron chi connectivity index (χ0n) is 9.54. The van der Waals surface area contributed by atoms with E-state index in [1.807, 2.05) is 0 Å². The minimum Gasteiger partial charge on any atom is -0.306 e. The second kappa shape index (κ2) is 5.21. The van der Waals surface area contributed by atoms with E-state index in [0.717, 1.165) is 18.2 Å². The van der Waals surface area contributed by atoms with Gasteiger partial charge in [0.05, 0.1) is 4.92 Å². The Morgan fingerprint density at radius 3 is 2.74 bits per heavy atom. The third-order valence-electron chi connectivity index (χ3n) is 2.31. The van der Waals surface area contributed by atoms with E-state index in [-0.39, 0.29) is 11.4 Å². The molecule has 0 aliphatic rings. The maximum absolute atomic E-state index is 13.1. The lowest BCUT2D eigenvalue weighted by molar-refractivity contribution is -0.385. The van der Waals surface area contributed by atoms with Gasteiger partial charge in [-0.15, -0.1) is 0 Å². The van der Waals surface area contributed by atoms with Gasteiger partial charge in [0.1, 0.15) is 17.2 Å². The number of carbonyl (C=O) groups is 1. The van der Waals surface area contributed by atoms with Crippen LogP contribution in [0.5, 0.6) is 0 Å². The molecule has 2 rings (SSSR count). The topological polar surface area (TPSA) is 85.1 Å². The lowest BCUT2D eigenvalue weighted by Crippen LogP contribution is -2.15. The lowest BCUT2D eigenvalue weighted by atomic mass is 10.1. The van der Waals surface area contributed by atoms with Gasteiger partial charge in [-0.05, 0) is 24.3 Å². The van der Waals surface area contributed by atoms with Crippen molar-refractivity contribution < 1.29 is 14.1 Å². The van der Waals surface area contributed by atoms with Crippen molar-refractivity contribution in [3.05, 3.63) is 64.1 Å². The van der Waals surface area contributed by atoms with Crippen LogP contribution in [0.3, 0.4) is 0 Å². The van der Waals surface area contributed by atoms with Crippen LogP contribution in [-0.4, -0.2) is 15.8 Å². The molecule has 1 aromatic carbocycles. The lowest BCUT2D eigenvalue weighted by Gasteiger charge is -2.04. The molecule has 0 fully saturated rings. The van der Waals surface area contributed by atoms with Crippen molar-refractivity contribution in [3.8, 4) is 0 Å². The molecule has 19 heavy (non-hydrogen) atoms. The number of anilines is 1. The highest BCUT2D eigenvalue weighted by Gasteiger charge is 2.21. The van der Waals surface area contributed by atoms with Crippen LogP contribution in [0.1, 0.15) is 10.4 Å². The van der Waals surface area contributed by atoms with Gasteiger partial charge in [0, 0.05) is 12.3 Å². The third kappa shape index (κ3) is 2.89. The number of nitro groups is 1. The molecule has 1 heterocycles. The molecule has 0 atom stereocenters. The molecule has 0 unspecified atom stereocenters. The SMILES string of the molecule is O=C(Nc1ccccn1)c1cc(F)ccc1[N+](=O)[O-]. The second-order valence-corrected chi connectivity index (χ2v) is 3.59. The Kier molecular flexibility index (Phi) is 3.46. The molecule has 0 saturated carbocycles. The Balaban J connectivity index is 2.33. The first-order valence-electron chi connectivity index (χ1n) is 5.24. The number of nitrogens with zero attached hydrogens (tertiary/aromatic N) is 2. The quantitative estimate of drug-likeness (QED) is 0.679. The van der Waals surface area contributed by atoms with Crippen LogP contribution in [0.2, 0.25) is 0 Å². The third-order valence-corrected chi connectivity index (χ3v) is 2.31. The number of nitrogens with one attached hydrogen (secondary N) is 1. The highest BCUT2D eigenvalue weighted by Crippen LogP contribution is 2.20. The largest absolute Gasteiger partial charge is 0.306 e. The molecule has 1 N–H and O–H groups in total. The fourth-order valence-electron chi connectivity index (χ4n) is 1.47. The molecule has 1 amide bonds. The summed E-state index contributed by atoms with van der Waals surface area (Å²) in [6.45, 7) is 0. The Labute approximate surface area is 107 Å². The van der Waals surface area contributed by atoms with Gasteiger partial charge >= 0.3 is 0 Å². The molecule has 6 nitrogen and oxygen atoms in total. The van der Waals surface area contributed by atoms with Crippen molar-refractivity contribution in [1.29, 1.82) is 0 Å². The molecule has 0 aliphatic carbocycles. The van der Waals surface area contributed by atoms with Crippen LogP contribution >= 0.6 is 0 Å². The first kappa shape index (κ1) is 12.6. The van der Waals surface area contributed by atoms with E-state index in [9.17, 15) is 19.3 Å². The summed E-state index contributed by atoms with van der Waals surface area (Å²) < 4.78 is 13.1. The fourth-order valence-corrected chi connectivity index (χ4v) is 1.47. The van der Waals surface area contributed by atoms with Crippen LogP contribution < -0.4 is 5.32 Å². The van der Waals surface area contributed by atoms with Crippen molar-refractivity contribution in [3.63, 3.8) is 0 Å². The molecule has 7 heteroatoms. The second-order valence-electron chi connectivity index (χ2n) is 3.59. The van der Waals surface area contributed by atoms with E-state index >= 15 is 0 Å². The van der Waals surface area contributed by atoms with E-state index in [0.29, 0.717) is 0 Å². The summed E-state index contributed by atoms with van der Waals surface area (Å²) >= 11 is 0. The van der Waals surface area contributed by atoms with Crippen molar-refractivity contribution in [1.82, 2.24) is 4.98 Å². The maximum Gasteiger partial charge on any atom is 0.282 e. The van der Waals surface area contributed by atoms with Gasteiger partial charge < -0.3 is 5.32 Å². The zero-order valence-corrected chi connectivity index (χ0v) is 9.54. The monoisotopic (exact) mass is 261 g/mol. The summed E-state index contributed by atoms with van der Waals surface area (Å²) in [5.41, 5.74) is -0.814. The Morgan fingerprint density at radius 1 is 1.32 bits per heavy atom. The molecule has 2 aromatic rings. The summed E-state index contributed by atoms with van der Waals surface area (Å²) in [6.07, 6.45) is 1.45. The van der Waals surface area contributed by atoms with Crippen LogP contribution in [0.15, 0.2) is 42.6 Å². The number of carbonyl (C=O) groups excluding carboxylic acids is 1. The van der Waals surface area contributed by atoms with E-state index in [1.54, 1.807) is 12.1 Å². The van der Waals surface area contributed by atoms with Crippen molar-refractivity contribution in [2.75, 3.05) is 5.32 Å². The van der Waals surface area contributed by atoms with E-state index < -0.39 is 22.3 Å². The van der Waals surface area contributed by atoms with Gasteiger partial charge in [-0.3, -0.25) is 14.9 Å². The number of hydrogen-bond acceptors (Lipinski definition) is 4. The molecule has 0 aliphatic heterocycles. The Morgan fingerprint density at radius 2 is 2.11 bits per heavy atom. The maximum atomic E-state index is 13.1. The van der Waals surface area contributed by atoms with Crippen molar-refractivity contribution >= 4 is 17.4 Å². The van der Waals surface area contributed by atoms with Gasteiger partial charge in [0.25, 0.3) is 11.6 Å². The van der Waals surface area contributed by atoms with Gasteiger partial charge in [0.2, 0.25) is 0 Å². The summed E-state index contributed by atoms with van der Waals surface area (Å²) in [6, 6.07) is 7.50. The minimum absolute atomic E-state index is 0.228. The Bertz CT molecular complexity index is 631. The molecule has 0 spiro atoms. The number of halogens is 1. The highest BCUT2D eigenvalue weighted by atomic mass is 19.1. The number of amides is 1. The standard InChI is InChI=1S/C12H8FN3O3/c13-8-4-5-10(16(18)19)9(7-8)12(17)15-11-3-1-2-6-14-11/h1-7H,(H,14,15,17). The molecular weight excluding hydrogens is 253 g/mol. The number of nitro benzene ring substituents is 1. The van der Waals surface area contributed by atoms with Gasteiger partial charge in [-0.25, -0.2) is 9.37 Å². The number of rotatable bonds is 3. The average molecular weight is 261 g/mol. The number of aromatic nitrogens is 1. The van der Waals surface area contributed by atoms with Crippen molar-refractivity contribution in [2.24, 2.45) is 0 Å². The van der Waals surface area contributed by atoms with E-state index in [1.165, 1.54) is 12.3 Å². The zero-order chi connectivity index (χ0) is 13.8. The summed E-state index contributed by atoms with van der Waals surface area (Å²) in [5, 5.41) is 13.1. The van der Waals surface area contributed by atoms with E-state index in [4.69, 9.17) is 0 Å². The van der Waals surface area contributed by atoms with Gasteiger partial charge in [0.15, 0.2) is 0 Å². The smallest absolute Gasteiger partial charge is 0.282 e. The first-order chi connectivity index (χ1) is 9.08. The minimum atomic E-state index is -0.787. The highest BCUT2D eigenvalue weighted by molar-refractivity contribution is 6.06. The molecule has 96 valence electrons. The predicted octanol–water partition coefficient (Wildman–Crippen LogP) is 2.38. The normalized spacial score (nSPS) is 9.95. The van der Waals surface area contributed by atoms with Crippen molar-refractivity contribution in [2.45, 2.75) is 0 Å². The molecule has 0 radical (unpaired) electrons. The average Bonchev–Trinajstić information content (AvgIpc) is 2.39. The molecule has 0 bridgehead atoms. The first-order valence-corrected chi connectivity index (χ1v) is 5.24. The summed E-state index contributed by atoms with van der Waals surface area (Å²) in [7, 11) is 0. The van der Waals surface area contributed by atoms with Gasteiger partial charge in [-0.2, -0.15) is 0 Å². The van der Waals surface area contributed by atoms with Gasteiger partial charge in [-0.1, -0.05) is 6.07 Å². The van der Waals surface area contributed by atoms with Crippen LogP contribution in [0.4, 0.5) is 15.9 Å². The van der Waals surface area contributed by atoms with Crippen LogP contribution in [0, 0.1) is 15.9 Å². The number of pyridine rings is 1. The molecular formula is C12H8FN3O3. The molecule has 0 saturated heterocycles. The van der Waals surface area contributed by atoms with Crippen LogP contribution in [-0.2, 0) is 0 Å². The number of benzene rings is 1. The number of hydrogen-bond donors (Lipinski definition) is 1. The summed E-state index contributed by atoms with van der Waals surface area (Å²) in [5.74, 6) is -1.28. The molecule has 1 aromatic heterocycles. The Hall–Kier alpha value is -2.83. The van der Waals surface area contributed by atoms with Crippen LogP contribution in [0.25, 0.3) is 0 Å². The van der Waals surface area contributed by atoms with E-state index in [2.05, 4.69) is 10.3 Å². The fraction of sp³-hybridized carbons (Fsp3) is 0. The predicted molar refractivity (Wildman–Crippen MR) is 65.2 cm³/mol.